The van der Waals surface area contributed by atoms with E-state index in [1.165, 1.54) is 30.7 Å². The monoisotopic (exact) mass is 905 g/mol. The third-order valence-electron chi connectivity index (χ3n) is 10.8. The molecule has 6 rings (SSSR count). The minimum atomic E-state index is -4.43. The maximum atomic E-state index is 13.5. The fourth-order valence-corrected chi connectivity index (χ4v) is 9.45. The summed E-state index contributed by atoms with van der Waals surface area (Å²) in [7, 11) is -2.56. The Morgan fingerprint density at radius 1 is 0.758 bits per heavy atom. The van der Waals surface area contributed by atoms with Gasteiger partial charge in [0.2, 0.25) is 17.6 Å². The first-order valence-corrected chi connectivity index (χ1v) is 23.0. The number of ether oxygens (including phenoxy) is 5. The van der Waals surface area contributed by atoms with Gasteiger partial charge in [0.1, 0.15) is 25.4 Å². The summed E-state index contributed by atoms with van der Waals surface area (Å²) in [6, 6.07) is -0.306. The number of carbonyl (C=O) groups is 2. The molecule has 0 aromatic carbocycles. The van der Waals surface area contributed by atoms with Crippen LogP contribution in [0.3, 0.4) is 0 Å². The highest BCUT2D eigenvalue weighted by atomic mass is 32.2. The van der Waals surface area contributed by atoms with E-state index >= 15 is 0 Å². The summed E-state index contributed by atoms with van der Waals surface area (Å²) < 4.78 is 89.8. The molecular formula is C38H55N11O11S2. The number of nitrogens with zero attached hydrogens (tertiary/aromatic N) is 7. The molecule has 340 valence electrons. The molecule has 6 heterocycles. The molecule has 0 radical (unpaired) electrons. The summed E-state index contributed by atoms with van der Waals surface area (Å²) >= 11 is 0. The fraction of sp³-hybridized carbons (Fsp3) is 0.579. The number of hydrogen-bond donors (Lipinski definition) is 4. The van der Waals surface area contributed by atoms with Crippen LogP contribution in [0.4, 0.5) is 21.0 Å². The quantitative estimate of drug-likeness (QED) is 0.124. The maximum absolute atomic E-state index is 13.5. The number of nitrogens with one attached hydrogen (secondary N) is 4. The van der Waals surface area contributed by atoms with Crippen LogP contribution in [0.5, 0.6) is 17.6 Å². The summed E-state index contributed by atoms with van der Waals surface area (Å²) in [4.78, 5) is 31.1. The van der Waals surface area contributed by atoms with Gasteiger partial charge in [-0.05, 0) is 36.2 Å². The van der Waals surface area contributed by atoms with E-state index in [1.807, 2.05) is 41.5 Å². The van der Waals surface area contributed by atoms with Crippen molar-refractivity contribution in [2.24, 2.45) is 7.05 Å². The van der Waals surface area contributed by atoms with Crippen molar-refractivity contribution >= 4 is 43.5 Å². The van der Waals surface area contributed by atoms with E-state index in [0.29, 0.717) is 52.7 Å². The number of methoxy groups -OCH3 is 3. The first kappa shape index (κ1) is 46.1. The molecule has 62 heavy (non-hydrogen) atoms. The van der Waals surface area contributed by atoms with Crippen molar-refractivity contribution in [3.8, 4) is 17.6 Å². The summed E-state index contributed by atoms with van der Waals surface area (Å²) in [5.74, 6) is -0.541. The number of carbonyl (C=O) groups excluding carboxylic acids is 2. The van der Waals surface area contributed by atoms with Crippen LogP contribution in [0.2, 0.25) is 0 Å². The molecule has 0 fully saturated rings. The molecule has 4 unspecified atom stereocenters. The van der Waals surface area contributed by atoms with E-state index in [-0.39, 0.29) is 83.7 Å². The molecule has 22 nitrogen and oxygen atoms in total. The molecule has 0 spiro atoms. The summed E-state index contributed by atoms with van der Waals surface area (Å²) in [5.41, 5.74) is 3.05. The zero-order chi connectivity index (χ0) is 45.3. The SMILES string of the molecule is COc1cc(C(C)CCC(C)c2nn(C)c(C(C)C)c2NC(=O)NS(=O)(=O)c2cnn3c2OCC(OC)C3)c(NC(=O)NS(=O)(=O)c2cnn3c2OCC(OC)C3)c(C(C)C)n1. The highest BCUT2D eigenvalue weighted by Gasteiger charge is 2.34. The summed E-state index contributed by atoms with van der Waals surface area (Å²) in [5, 5.41) is 18.5. The van der Waals surface area contributed by atoms with Gasteiger partial charge in [-0.25, -0.2) is 50.2 Å². The number of hydrogen-bond acceptors (Lipinski definition) is 15. The molecule has 24 heteroatoms. The Kier molecular flexibility index (Phi) is 13.7. The van der Waals surface area contributed by atoms with Crippen molar-refractivity contribution < 1.29 is 50.1 Å². The van der Waals surface area contributed by atoms with E-state index in [0.717, 1.165) is 12.4 Å². The lowest BCUT2D eigenvalue weighted by atomic mass is 9.88. The van der Waals surface area contributed by atoms with Gasteiger partial charge in [-0.2, -0.15) is 15.3 Å². The van der Waals surface area contributed by atoms with Crippen LogP contribution in [0.15, 0.2) is 28.3 Å². The molecule has 4 atom stereocenters. The minimum absolute atomic E-state index is 0.00208. The molecule has 4 amide bonds. The highest BCUT2D eigenvalue weighted by molar-refractivity contribution is 7.90. The van der Waals surface area contributed by atoms with Crippen LogP contribution in [-0.4, -0.2) is 110 Å². The van der Waals surface area contributed by atoms with Gasteiger partial charge in [0, 0.05) is 33.3 Å². The van der Waals surface area contributed by atoms with Gasteiger partial charge in [-0.1, -0.05) is 41.5 Å². The van der Waals surface area contributed by atoms with E-state index in [2.05, 4.69) is 35.3 Å². The zero-order valence-electron chi connectivity index (χ0n) is 36.4. The van der Waals surface area contributed by atoms with Crippen LogP contribution in [0.1, 0.15) is 101 Å². The predicted molar refractivity (Wildman–Crippen MR) is 224 cm³/mol. The maximum Gasteiger partial charge on any atom is 0.333 e. The Balaban J connectivity index is 1.20. The smallest absolute Gasteiger partial charge is 0.333 e. The van der Waals surface area contributed by atoms with E-state index < -0.39 is 32.1 Å². The van der Waals surface area contributed by atoms with Crippen molar-refractivity contribution in [1.29, 1.82) is 0 Å². The van der Waals surface area contributed by atoms with E-state index in [1.54, 1.807) is 17.8 Å². The molecule has 4 aromatic rings. The lowest BCUT2D eigenvalue weighted by molar-refractivity contribution is 0.0165. The van der Waals surface area contributed by atoms with Gasteiger partial charge in [-0.3, -0.25) is 4.68 Å². The van der Waals surface area contributed by atoms with Crippen LogP contribution in [-0.2, 0) is 49.7 Å². The van der Waals surface area contributed by atoms with Crippen molar-refractivity contribution in [3.63, 3.8) is 0 Å². The Morgan fingerprint density at radius 3 is 1.73 bits per heavy atom. The number of fused-ring (bicyclic) bond motifs is 2. The van der Waals surface area contributed by atoms with Gasteiger partial charge < -0.3 is 34.3 Å². The van der Waals surface area contributed by atoms with E-state index in [4.69, 9.17) is 28.8 Å². The van der Waals surface area contributed by atoms with Gasteiger partial charge >= 0.3 is 12.1 Å². The number of pyridine rings is 1. The van der Waals surface area contributed by atoms with Crippen molar-refractivity contribution in [2.45, 2.75) is 113 Å². The second-order valence-corrected chi connectivity index (χ2v) is 19.2. The number of urea groups is 2. The van der Waals surface area contributed by atoms with Crippen LogP contribution >= 0.6 is 0 Å². The molecule has 4 aromatic heterocycles. The van der Waals surface area contributed by atoms with Crippen molar-refractivity contribution in [3.05, 3.63) is 41.1 Å². The van der Waals surface area contributed by atoms with Crippen LogP contribution in [0, 0.1) is 0 Å². The second-order valence-electron chi connectivity index (χ2n) is 15.9. The average molecular weight is 906 g/mol. The van der Waals surface area contributed by atoms with Gasteiger partial charge in [0.15, 0.2) is 9.79 Å². The molecule has 2 aliphatic heterocycles. The molecular weight excluding hydrogens is 851 g/mol. The first-order chi connectivity index (χ1) is 29.3. The largest absolute Gasteiger partial charge is 0.481 e. The van der Waals surface area contributed by atoms with Gasteiger partial charge in [-0.15, -0.1) is 0 Å². The number of amides is 4. The molecule has 0 aliphatic carbocycles. The number of rotatable bonds is 16. The Morgan fingerprint density at radius 2 is 1.26 bits per heavy atom. The predicted octanol–water partition coefficient (Wildman–Crippen LogP) is 3.99. The van der Waals surface area contributed by atoms with Crippen LogP contribution in [0.25, 0.3) is 0 Å². The third-order valence-corrected chi connectivity index (χ3v) is 13.4. The summed E-state index contributed by atoms with van der Waals surface area (Å²) in [6.45, 7) is 12.3. The number of anilines is 2. The summed E-state index contributed by atoms with van der Waals surface area (Å²) in [6.07, 6.45) is 2.67. The van der Waals surface area contributed by atoms with Crippen LogP contribution < -0.4 is 34.3 Å². The minimum Gasteiger partial charge on any atom is -0.481 e. The number of aryl methyl sites for hydroxylation is 1. The zero-order valence-corrected chi connectivity index (χ0v) is 38.0. The molecule has 2 aliphatic rings. The first-order valence-electron chi connectivity index (χ1n) is 20.0. The lowest BCUT2D eigenvalue weighted by Crippen LogP contribution is -2.36. The Labute approximate surface area is 360 Å². The van der Waals surface area contributed by atoms with E-state index in [9.17, 15) is 26.4 Å². The van der Waals surface area contributed by atoms with Crippen molar-refractivity contribution in [2.75, 3.05) is 45.2 Å². The molecule has 0 saturated carbocycles. The standard InChI is InChI=1S/C38H55N11O11S2/c1-20(2)30-32(42-37(50)45-61(52,53)27-14-39-48-16-24(56-8)18-59-35(27)48)26(13-29(41-30)58-10)22(5)11-12-23(6)31-33(34(21(3)4)47(7)44-31)43-38(51)46-62(54,55)28-15-40-49-17-25(57-9)19-60-36(28)49/h13-15,20-25H,11-12,16-19H2,1-10H3,(H2,42,45,50)(H2,43,46,51). The second kappa shape index (κ2) is 18.5. The third kappa shape index (κ3) is 9.61. The molecule has 0 saturated heterocycles. The molecule has 4 N–H and O–H groups in total. The fourth-order valence-electron chi connectivity index (χ4n) is 7.48. The topological polar surface area (TPSA) is 263 Å². The Bertz CT molecular complexity index is 2520. The normalized spacial score (nSPS) is 17.4. The van der Waals surface area contributed by atoms with Gasteiger partial charge in [0.25, 0.3) is 20.0 Å². The number of aromatic nitrogens is 7. The van der Waals surface area contributed by atoms with Gasteiger partial charge in [0.05, 0.1) is 61.0 Å². The Hall–Kier alpha value is -5.46. The number of sulfonamides is 2. The molecule has 0 bridgehead atoms. The highest BCUT2D eigenvalue weighted by Crippen LogP contribution is 2.40. The van der Waals surface area contributed by atoms with Crippen molar-refractivity contribution in [1.82, 2.24) is 43.8 Å². The lowest BCUT2D eigenvalue weighted by Gasteiger charge is -2.24. The average Bonchev–Trinajstić information content (AvgIpc) is 3.94.